The minimum Gasteiger partial charge on any atom is -0.291 e. The summed E-state index contributed by atoms with van der Waals surface area (Å²) in [5, 5.41) is 3.48. The van der Waals surface area contributed by atoms with Crippen LogP contribution in [-0.4, -0.2) is 26.0 Å². The van der Waals surface area contributed by atoms with Crippen molar-refractivity contribution in [2.45, 2.75) is 25.4 Å². The maximum atomic E-state index is 12.3. The Morgan fingerprint density at radius 1 is 1.42 bits per heavy atom. The van der Waals surface area contributed by atoms with Crippen molar-refractivity contribution in [1.82, 2.24) is 14.8 Å². The average Bonchev–Trinajstić information content (AvgIpc) is 2.97. The van der Waals surface area contributed by atoms with E-state index in [0.717, 1.165) is 5.69 Å². The highest BCUT2D eigenvalue weighted by atomic mass is 35.5. The zero-order valence-corrected chi connectivity index (χ0v) is 11.4. The van der Waals surface area contributed by atoms with E-state index in [4.69, 9.17) is 11.6 Å². The third-order valence-electron chi connectivity index (χ3n) is 2.71. The van der Waals surface area contributed by atoms with Gasteiger partial charge < -0.3 is 0 Å². The van der Waals surface area contributed by atoms with E-state index in [0.29, 0.717) is 13.1 Å². The number of amides is 1. The first-order valence-corrected chi connectivity index (χ1v) is 6.49. The largest absolute Gasteiger partial charge is 0.291 e. The third kappa shape index (κ3) is 3.32. The topological polar surface area (TPSA) is 51.0 Å². The number of halogens is 1. The number of para-hydroxylation sites is 1. The molecule has 0 N–H and O–H groups in total. The van der Waals surface area contributed by atoms with Gasteiger partial charge in [0, 0.05) is 5.69 Å². The van der Waals surface area contributed by atoms with Crippen molar-refractivity contribution in [2.75, 3.05) is 4.90 Å². The number of aromatic nitrogens is 3. The number of hydrogen-bond donors (Lipinski definition) is 0. The lowest BCUT2D eigenvalue weighted by molar-refractivity contribution is -0.118. The fourth-order valence-corrected chi connectivity index (χ4v) is 1.80. The Bertz CT molecular complexity index is 515. The number of hydrogen-bond acceptors (Lipinski definition) is 3. The molecule has 1 heterocycles. The van der Waals surface area contributed by atoms with E-state index in [1.54, 1.807) is 15.9 Å². The highest BCUT2D eigenvalue weighted by Gasteiger charge is 2.22. The molecule has 5 nitrogen and oxygen atoms in total. The summed E-state index contributed by atoms with van der Waals surface area (Å²) in [6.07, 6.45) is 3.59. The minimum absolute atomic E-state index is 0.133. The van der Waals surface area contributed by atoms with Crippen molar-refractivity contribution >= 4 is 23.2 Å². The fraction of sp³-hybridized carbons (Fsp3) is 0.308. The Morgan fingerprint density at radius 3 is 2.74 bits per heavy atom. The van der Waals surface area contributed by atoms with Crippen LogP contribution < -0.4 is 4.90 Å². The highest BCUT2D eigenvalue weighted by Crippen LogP contribution is 2.18. The molecule has 1 atom stereocenters. The number of alkyl halides is 1. The van der Waals surface area contributed by atoms with Crippen molar-refractivity contribution in [2.24, 2.45) is 0 Å². The van der Waals surface area contributed by atoms with Gasteiger partial charge in [-0.25, -0.2) is 9.67 Å². The Kier molecular flexibility index (Phi) is 4.52. The van der Waals surface area contributed by atoms with Gasteiger partial charge in [0.1, 0.15) is 24.7 Å². The number of anilines is 1. The summed E-state index contributed by atoms with van der Waals surface area (Å²) >= 11 is 6.06. The molecule has 1 aromatic heterocycles. The highest BCUT2D eigenvalue weighted by molar-refractivity contribution is 6.32. The molecule has 0 aliphatic carbocycles. The Morgan fingerprint density at radius 2 is 2.16 bits per heavy atom. The van der Waals surface area contributed by atoms with Crippen LogP contribution in [0.2, 0.25) is 0 Å². The van der Waals surface area contributed by atoms with Gasteiger partial charge in [-0.2, -0.15) is 5.10 Å². The molecule has 0 fully saturated rings. The zero-order valence-electron chi connectivity index (χ0n) is 10.6. The number of benzene rings is 1. The summed E-state index contributed by atoms with van der Waals surface area (Å²) in [5.74, 6) is -0.133. The van der Waals surface area contributed by atoms with Crippen molar-refractivity contribution in [3.05, 3.63) is 43.0 Å². The van der Waals surface area contributed by atoms with Gasteiger partial charge in [-0.15, -0.1) is 11.6 Å². The molecule has 0 aliphatic rings. The molecule has 0 radical (unpaired) electrons. The molecule has 6 heteroatoms. The second-order valence-electron chi connectivity index (χ2n) is 4.05. The van der Waals surface area contributed by atoms with Crippen LogP contribution in [0.25, 0.3) is 0 Å². The number of carbonyl (C=O) groups excluding carboxylic acids is 1. The minimum atomic E-state index is -0.538. The van der Waals surface area contributed by atoms with Gasteiger partial charge in [0.15, 0.2) is 0 Å². The molecule has 1 unspecified atom stereocenters. The lowest BCUT2D eigenvalue weighted by Gasteiger charge is -2.24. The maximum Gasteiger partial charge on any atom is 0.246 e. The van der Waals surface area contributed by atoms with Crippen LogP contribution >= 0.6 is 11.6 Å². The summed E-state index contributed by atoms with van der Waals surface area (Å²) in [6.45, 7) is 2.18. The van der Waals surface area contributed by atoms with Gasteiger partial charge in [0.05, 0.1) is 0 Å². The smallest absolute Gasteiger partial charge is 0.246 e. The number of nitrogens with zero attached hydrogens (tertiary/aromatic N) is 4. The second-order valence-corrected chi connectivity index (χ2v) is 4.58. The van der Waals surface area contributed by atoms with Gasteiger partial charge in [-0.05, 0) is 18.6 Å². The van der Waals surface area contributed by atoms with Crippen molar-refractivity contribution < 1.29 is 4.79 Å². The summed E-state index contributed by atoms with van der Waals surface area (Å²) < 4.78 is 1.59. The summed E-state index contributed by atoms with van der Waals surface area (Å²) in [4.78, 5) is 17.8. The van der Waals surface area contributed by atoms with Gasteiger partial charge >= 0.3 is 0 Å². The predicted octanol–water partition coefficient (Wildman–Crippen LogP) is 2.29. The molecule has 19 heavy (non-hydrogen) atoms. The van der Waals surface area contributed by atoms with Crippen LogP contribution in [0.1, 0.15) is 13.3 Å². The van der Waals surface area contributed by atoms with E-state index >= 15 is 0 Å². The van der Waals surface area contributed by atoms with Crippen LogP contribution in [-0.2, 0) is 11.5 Å². The zero-order chi connectivity index (χ0) is 13.7. The van der Waals surface area contributed by atoms with Crippen LogP contribution in [0.4, 0.5) is 5.69 Å². The second kappa shape index (κ2) is 6.33. The van der Waals surface area contributed by atoms with Crippen molar-refractivity contribution in [3.63, 3.8) is 0 Å². The van der Waals surface area contributed by atoms with Crippen LogP contribution in [0, 0.1) is 0 Å². The SMILES string of the molecule is CCC(Cl)C(=O)N(Cn1cncn1)c1ccccc1. The normalized spacial score (nSPS) is 12.1. The quantitative estimate of drug-likeness (QED) is 0.789. The number of carbonyl (C=O) groups is 1. The van der Waals surface area contributed by atoms with Crippen LogP contribution in [0.15, 0.2) is 43.0 Å². The first kappa shape index (κ1) is 13.5. The molecule has 0 bridgehead atoms. The molecular weight excluding hydrogens is 264 g/mol. The molecule has 0 spiro atoms. The molecule has 2 rings (SSSR count). The van der Waals surface area contributed by atoms with E-state index in [9.17, 15) is 4.79 Å². The van der Waals surface area contributed by atoms with Gasteiger partial charge in [-0.3, -0.25) is 9.69 Å². The van der Waals surface area contributed by atoms with Gasteiger partial charge in [0.2, 0.25) is 5.91 Å². The van der Waals surface area contributed by atoms with Crippen LogP contribution in [0.3, 0.4) is 0 Å². The molecule has 1 aromatic carbocycles. The molecule has 2 aromatic rings. The van der Waals surface area contributed by atoms with E-state index in [2.05, 4.69) is 10.1 Å². The fourth-order valence-electron chi connectivity index (χ4n) is 1.68. The third-order valence-corrected chi connectivity index (χ3v) is 3.21. The van der Waals surface area contributed by atoms with E-state index in [1.807, 2.05) is 37.3 Å². The molecule has 0 aliphatic heterocycles. The Labute approximate surface area is 116 Å². The maximum absolute atomic E-state index is 12.3. The number of rotatable bonds is 5. The molecule has 1 amide bonds. The van der Waals surface area contributed by atoms with E-state index in [1.165, 1.54) is 6.33 Å². The van der Waals surface area contributed by atoms with Crippen LogP contribution in [0.5, 0.6) is 0 Å². The van der Waals surface area contributed by atoms with Gasteiger partial charge in [0.25, 0.3) is 0 Å². The molecule has 100 valence electrons. The molecule has 0 saturated carbocycles. The van der Waals surface area contributed by atoms with E-state index < -0.39 is 5.38 Å². The first-order chi connectivity index (χ1) is 9.22. The average molecular weight is 279 g/mol. The standard InChI is InChI=1S/C13H15ClN4O/c1-2-12(14)13(19)18(10-17-9-15-8-16-17)11-6-4-3-5-7-11/h3-9,12H,2,10H2,1H3. The van der Waals surface area contributed by atoms with Gasteiger partial charge in [-0.1, -0.05) is 25.1 Å². The van der Waals surface area contributed by atoms with E-state index in [-0.39, 0.29) is 5.91 Å². The van der Waals surface area contributed by atoms with Crippen molar-refractivity contribution in [1.29, 1.82) is 0 Å². The lowest BCUT2D eigenvalue weighted by Crippen LogP contribution is -2.38. The van der Waals surface area contributed by atoms with Crippen molar-refractivity contribution in [3.8, 4) is 0 Å². The Balaban J connectivity index is 2.25. The predicted molar refractivity (Wildman–Crippen MR) is 73.9 cm³/mol. The lowest BCUT2D eigenvalue weighted by atomic mass is 10.2. The monoisotopic (exact) mass is 278 g/mol. The molecular formula is C13H15ClN4O. The summed E-state index contributed by atoms with van der Waals surface area (Å²) in [5.41, 5.74) is 0.794. The summed E-state index contributed by atoms with van der Waals surface area (Å²) in [7, 11) is 0. The summed E-state index contributed by atoms with van der Waals surface area (Å²) in [6, 6.07) is 9.40. The first-order valence-electron chi connectivity index (χ1n) is 6.05. The molecule has 0 saturated heterocycles. The Hall–Kier alpha value is -1.88.